The molecule has 6 heteroatoms. The predicted molar refractivity (Wildman–Crippen MR) is 55.6 cm³/mol. The van der Waals surface area contributed by atoms with Gasteiger partial charge >= 0.3 is 17.7 Å². The maximum Gasteiger partial charge on any atom is 0.387 e. The fraction of sp³-hybridized carbons (Fsp3) is 0.444. The third-order valence-electron chi connectivity index (χ3n) is 1.10. The Morgan fingerprint density at radius 3 is 2.13 bits per heavy atom. The Labute approximate surface area is 89.2 Å². The quantitative estimate of drug-likeness (QED) is 0.228. The minimum absolute atomic E-state index is 0.106. The highest BCUT2D eigenvalue weighted by Crippen LogP contribution is 2.03. The highest BCUT2D eigenvalue weighted by atomic mass is 28.4. The number of carbonyl (C=O) groups is 3. The standard InChI is InChI=1S/C9H14O5Si/c1-5-6-13-8(11)7(10)9(12)14-15(2,3)4/h5H,1,6H2,2-4H3. The predicted octanol–water partition coefficient (Wildman–Crippen LogP) is 0.663. The normalized spacial score (nSPS) is 10.3. The van der Waals surface area contributed by atoms with Crippen molar-refractivity contribution in [2.45, 2.75) is 19.6 Å². The van der Waals surface area contributed by atoms with Crippen LogP contribution in [0.15, 0.2) is 12.7 Å². The smallest absolute Gasteiger partial charge is 0.387 e. The van der Waals surface area contributed by atoms with E-state index in [1.807, 2.05) is 0 Å². The van der Waals surface area contributed by atoms with Crippen molar-refractivity contribution in [3.63, 3.8) is 0 Å². The molecule has 0 amide bonds. The van der Waals surface area contributed by atoms with Crippen LogP contribution in [0.5, 0.6) is 0 Å². The summed E-state index contributed by atoms with van der Waals surface area (Å²) < 4.78 is 9.22. The number of Topliss-reactive ketones (excluding diaryl/α,β-unsaturated/α-hetero) is 1. The minimum Gasteiger partial charge on any atom is -0.514 e. The molecule has 84 valence electrons. The monoisotopic (exact) mass is 230 g/mol. The molecule has 5 nitrogen and oxygen atoms in total. The van der Waals surface area contributed by atoms with Crippen molar-refractivity contribution in [3.05, 3.63) is 12.7 Å². The van der Waals surface area contributed by atoms with E-state index in [2.05, 4.69) is 11.3 Å². The zero-order valence-corrected chi connectivity index (χ0v) is 10.0. The highest BCUT2D eigenvalue weighted by Gasteiger charge is 2.30. The molecule has 0 spiro atoms. The second-order valence-corrected chi connectivity index (χ2v) is 8.15. The number of esters is 1. The molecular formula is C9H14O5Si. The van der Waals surface area contributed by atoms with E-state index >= 15 is 0 Å². The number of ketones is 1. The van der Waals surface area contributed by atoms with Crippen molar-refractivity contribution in [2.24, 2.45) is 0 Å². The molecule has 0 aliphatic carbocycles. The average Bonchev–Trinajstić information content (AvgIpc) is 2.10. The fourth-order valence-electron chi connectivity index (χ4n) is 0.608. The molecule has 15 heavy (non-hydrogen) atoms. The summed E-state index contributed by atoms with van der Waals surface area (Å²) in [5.74, 6) is -3.64. The molecule has 0 saturated carbocycles. The zero-order chi connectivity index (χ0) is 12.1. The van der Waals surface area contributed by atoms with Gasteiger partial charge in [0.2, 0.25) is 8.32 Å². The van der Waals surface area contributed by atoms with Gasteiger partial charge in [0, 0.05) is 0 Å². The number of ether oxygens (including phenoxy) is 1. The van der Waals surface area contributed by atoms with Gasteiger partial charge in [-0.15, -0.1) is 0 Å². The second-order valence-electron chi connectivity index (χ2n) is 3.72. The van der Waals surface area contributed by atoms with E-state index in [1.165, 1.54) is 6.08 Å². The summed E-state index contributed by atoms with van der Waals surface area (Å²) in [4.78, 5) is 33.1. The molecule has 0 aliphatic heterocycles. The van der Waals surface area contributed by atoms with Gasteiger partial charge in [-0.3, -0.25) is 4.79 Å². The van der Waals surface area contributed by atoms with Gasteiger partial charge in [0.05, 0.1) is 0 Å². The van der Waals surface area contributed by atoms with E-state index in [0.717, 1.165) is 0 Å². The van der Waals surface area contributed by atoms with Crippen LogP contribution in [-0.2, 0) is 23.5 Å². The summed E-state index contributed by atoms with van der Waals surface area (Å²) >= 11 is 0. The van der Waals surface area contributed by atoms with Crippen molar-refractivity contribution in [3.8, 4) is 0 Å². The van der Waals surface area contributed by atoms with Crippen LogP contribution in [0.1, 0.15) is 0 Å². The molecule has 0 aromatic carbocycles. The van der Waals surface area contributed by atoms with Gasteiger partial charge in [-0.25, -0.2) is 9.59 Å². The Morgan fingerprint density at radius 1 is 1.20 bits per heavy atom. The van der Waals surface area contributed by atoms with Gasteiger partial charge in [-0.05, 0) is 19.6 Å². The molecule has 0 radical (unpaired) electrons. The molecule has 0 heterocycles. The van der Waals surface area contributed by atoms with Crippen molar-refractivity contribution < 1.29 is 23.5 Å². The Bertz CT molecular complexity index is 289. The van der Waals surface area contributed by atoms with E-state index in [1.54, 1.807) is 19.6 Å². The van der Waals surface area contributed by atoms with Crippen LogP contribution in [0.25, 0.3) is 0 Å². The molecule has 0 unspecified atom stereocenters. The molecule has 0 aromatic heterocycles. The molecule has 0 N–H and O–H groups in total. The largest absolute Gasteiger partial charge is 0.514 e. The summed E-state index contributed by atoms with van der Waals surface area (Å²) in [6.45, 7) is 8.38. The van der Waals surface area contributed by atoms with Crippen LogP contribution in [0, 0.1) is 0 Å². The van der Waals surface area contributed by atoms with Crippen LogP contribution >= 0.6 is 0 Å². The highest BCUT2D eigenvalue weighted by molar-refractivity contribution is 6.74. The SMILES string of the molecule is C=CCOC(=O)C(=O)C(=O)O[Si](C)(C)C. The summed E-state index contributed by atoms with van der Waals surface area (Å²) in [5, 5.41) is 0. The molecule has 0 saturated heterocycles. The first-order valence-electron chi connectivity index (χ1n) is 4.33. The molecule has 0 fully saturated rings. The molecule has 0 rings (SSSR count). The molecule has 0 aliphatic rings. The van der Waals surface area contributed by atoms with E-state index in [0.29, 0.717) is 0 Å². The molecule has 0 bridgehead atoms. The van der Waals surface area contributed by atoms with Gasteiger partial charge in [-0.2, -0.15) is 0 Å². The third-order valence-corrected chi connectivity index (χ3v) is 1.90. The van der Waals surface area contributed by atoms with Crippen molar-refractivity contribution in [1.29, 1.82) is 0 Å². The summed E-state index contributed by atoms with van der Waals surface area (Å²) in [6.07, 6.45) is 1.30. The molecular weight excluding hydrogens is 216 g/mol. The Kier molecular flexibility index (Phi) is 4.93. The van der Waals surface area contributed by atoms with Crippen LogP contribution in [0.4, 0.5) is 0 Å². The van der Waals surface area contributed by atoms with Gasteiger partial charge in [0.1, 0.15) is 6.61 Å². The lowest BCUT2D eigenvalue weighted by Gasteiger charge is -2.15. The third kappa shape index (κ3) is 5.79. The van der Waals surface area contributed by atoms with Crippen molar-refractivity contribution in [2.75, 3.05) is 6.61 Å². The summed E-state index contributed by atoms with van der Waals surface area (Å²) in [5.41, 5.74) is 0. The van der Waals surface area contributed by atoms with Gasteiger partial charge in [0.25, 0.3) is 0 Å². The number of hydrogen-bond acceptors (Lipinski definition) is 5. The van der Waals surface area contributed by atoms with E-state index in [4.69, 9.17) is 4.43 Å². The first kappa shape index (κ1) is 13.6. The average molecular weight is 230 g/mol. The molecule has 0 atom stereocenters. The lowest BCUT2D eigenvalue weighted by atomic mass is 10.4. The number of carbonyl (C=O) groups excluding carboxylic acids is 3. The van der Waals surface area contributed by atoms with Gasteiger partial charge < -0.3 is 9.16 Å². The van der Waals surface area contributed by atoms with Crippen LogP contribution < -0.4 is 0 Å². The topological polar surface area (TPSA) is 69.7 Å². The summed E-state index contributed by atoms with van der Waals surface area (Å²) in [6, 6.07) is 0. The van der Waals surface area contributed by atoms with Gasteiger partial charge in [0.15, 0.2) is 0 Å². The lowest BCUT2D eigenvalue weighted by molar-refractivity contribution is -0.160. The Morgan fingerprint density at radius 2 is 1.73 bits per heavy atom. The molecule has 0 aromatic rings. The lowest BCUT2D eigenvalue weighted by Crippen LogP contribution is -2.36. The summed E-state index contributed by atoms with van der Waals surface area (Å²) in [7, 11) is -2.16. The maximum atomic E-state index is 11.1. The first-order valence-corrected chi connectivity index (χ1v) is 7.74. The van der Waals surface area contributed by atoms with Crippen LogP contribution in [-0.4, -0.2) is 32.6 Å². The van der Waals surface area contributed by atoms with E-state index < -0.39 is 26.0 Å². The number of rotatable bonds is 5. The Hall–Kier alpha value is -1.43. The van der Waals surface area contributed by atoms with Crippen LogP contribution in [0.3, 0.4) is 0 Å². The second kappa shape index (κ2) is 5.45. The fourth-order valence-corrected chi connectivity index (χ4v) is 1.26. The van der Waals surface area contributed by atoms with Crippen molar-refractivity contribution in [1.82, 2.24) is 0 Å². The first-order chi connectivity index (χ1) is 6.78. The minimum atomic E-state index is -2.16. The van der Waals surface area contributed by atoms with Gasteiger partial charge in [-0.1, -0.05) is 12.7 Å². The maximum absolute atomic E-state index is 11.1. The van der Waals surface area contributed by atoms with Crippen LogP contribution in [0.2, 0.25) is 19.6 Å². The number of hydrogen-bond donors (Lipinski definition) is 0. The Balaban J connectivity index is 4.27. The van der Waals surface area contributed by atoms with Crippen molar-refractivity contribution >= 4 is 26.0 Å². The van der Waals surface area contributed by atoms with E-state index in [9.17, 15) is 14.4 Å². The van der Waals surface area contributed by atoms with E-state index in [-0.39, 0.29) is 6.61 Å². The zero-order valence-electron chi connectivity index (χ0n) is 9.03.